The maximum absolute atomic E-state index is 11.5. The summed E-state index contributed by atoms with van der Waals surface area (Å²) in [4.78, 5) is 11.0. The molecule has 0 radical (unpaired) electrons. The van der Waals surface area contributed by atoms with Gasteiger partial charge in [-0.25, -0.2) is 13.2 Å². The molecule has 0 amide bonds. The number of hydrogen-bond donors (Lipinski definition) is 2. The van der Waals surface area contributed by atoms with Gasteiger partial charge in [0.1, 0.15) is 0 Å². The van der Waals surface area contributed by atoms with E-state index < -0.39 is 15.8 Å². The van der Waals surface area contributed by atoms with Crippen LogP contribution in [0, 0.1) is 6.92 Å². The number of carbonyl (C=O) groups is 1. The SMILES string of the molecule is CCS(=O)(=O)CC(C)Nc1cccc(C(=O)O)c1C. The van der Waals surface area contributed by atoms with Crippen LogP contribution < -0.4 is 5.32 Å². The predicted molar refractivity (Wildman–Crippen MR) is 75.6 cm³/mol. The Labute approximate surface area is 113 Å². The van der Waals surface area contributed by atoms with Crippen molar-refractivity contribution in [3.63, 3.8) is 0 Å². The van der Waals surface area contributed by atoms with E-state index in [0.717, 1.165) is 0 Å². The zero-order valence-corrected chi connectivity index (χ0v) is 12.1. The summed E-state index contributed by atoms with van der Waals surface area (Å²) in [5, 5.41) is 12.1. The third kappa shape index (κ3) is 4.24. The number of benzene rings is 1. The largest absolute Gasteiger partial charge is 0.478 e. The number of nitrogens with one attached hydrogen (secondary N) is 1. The molecule has 0 saturated heterocycles. The fourth-order valence-electron chi connectivity index (χ4n) is 1.83. The van der Waals surface area contributed by atoms with E-state index in [2.05, 4.69) is 5.32 Å². The molecule has 1 rings (SSSR count). The third-order valence-corrected chi connectivity index (χ3v) is 4.80. The predicted octanol–water partition coefficient (Wildman–Crippen LogP) is 1.93. The van der Waals surface area contributed by atoms with E-state index >= 15 is 0 Å². The van der Waals surface area contributed by atoms with Crippen molar-refractivity contribution in [1.82, 2.24) is 0 Å². The average molecular weight is 285 g/mol. The zero-order valence-electron chi connectivity index (χ0n) is 11.3. The molecule has 0 aromatic heterocycles. The number of carboxylic acids is 1. The number of sulfone groups is 1. The summed E-state index contributed by atoms with van der Waals surface area (Å²) in [6.45, 7) is 5.07. The highest BCUT2D eigenvalue weighted by Crippen LogP contribution is 2.20. The quantitative estimate of drug-likeness (QED) is 0.834. The molecule has 5 nitrogen and oxygen atoms in total. The summed E-state index contributed by atoms with van der Waals surface area (Å²) < 4.78 is 23.1. The Morgan fingerprint density at radius 1 is 1.42 bits per heavy atom. The highest BCUT2D eigenvalue weighted by Gasteiger charge is 2.16. The lowest BCUT2D eigenvalue weighted by Gasteiger charge is -2.17. The lowest BCUT2D eigenvalue weighted by Crippen LogP contribution is -2.27. The Balaban J connectivity index is 2.89. The molecule has 0 heterocycles. The molecule has 1 aromatic carbocycles. The summed E-state index contributed by atoms with van der Waals surface area (Å²) in [6, 6.07) is 4.64. The standard InChI is InChI=1S/C13H19NO4S/c1-4-19(17,18)8-9(2)14-12-7-5-6-11(10(12)3)13(15)16/h5-7,9,14H,4,8H2,1-3H3,(H,15,16). The van der Waals surface area contributed by atoms with E-state index in [4.69, 9.17) is 5.11 Å². The zero-order chi connectivity index (χ0) is 14.6. The molecule has 1 atom stereocenters. The van der Waals surface area contributed by atoms with Crippen LogP contribution in [0.3, 0.4) is 0 Å². The number of hydrogen-bond acceptors (Lipinski definition) is 4. The van der Waals surface area contributed by atoms with Crippen LogP contribution in [0.25, 0.3) is 0 Å². The smallest absolute Gasteiger partial charge is 0.336 e. The van der Waals surface area contributed by atoms with Gasteiger partial charge in [0.15, 0.2) is 9.84 Å². The molecular weight excluding hydrogens is 266 g/mol. The molecule has 0 aliphatic rings. The first kappa shape index (κ1) is 15.5. The molecular formula is C13H19NO4S. The molecule has 1 aromatic rings. The van der Waals surface area contributed by atoms with Crippen molar-refractivity contribution in [1.29, 1.82) is 0 Å². The second-order valence-corrected chi connectivity index (χ2v) is 6.93. The van der Waals surface area contributed by atoms with Gasteiger partial charge in [-0.3, -0.25) is 0 Å². The highest BCUT2D eigenvalue weighted by molar-refractivity contribution is 7.91. The second-order valence-electron chi connectivity index (χ2n) is 4.53. The fraction of sp³-hybridized carbons (Fsp3) is 0.462. The number of aromatic carboxylic acids is 1. The molecule has 6 heteroatoms. The first-order valence-corrected chi connectivity index (χ1v) is 7.89. The number of anilines is 1. The molecule has 0 saturated carbocycles. The molecule has 19 heavy (non-hydrogen) atoms. The van der Waals surface area contributed by atoms with Crippen LogP contribution >= 0.6 is 0 Å². The molecule has 0 bridgehead atoms. The molecule has 0 spiro atoms. The Hall–Kier alpha value is -1.56. The van der Waals surface area contributed by atoms with Crippen molar-refractivity contribution < 1.29 is 18.3 Å². The van der Waals surface area contributed by atoms with Crippen LogP contribution in [-0.4, -0.2) is 37.0 Å². The first-order chi connectivity index (χ1) is 8.76. The van der Waals surface area contributed by atoms with E-state index in [-0.39, 0.29) is 23.1 Å². The van der Waals surface area contributed by atoms with Gasteiger partial charge in [-0.05, 0) is 31.5 Å². The van der Waals surface area contributed by atoms with Crippen LogP contribution in [0.1, 0.15) is 29.8 Å². The molecule has 106 valence electrons. The Morgan fingerprint density at radius 3 is 2.58 bits per heavy atom. The number of carboxylic acid groups (broad SMARTS) is 1. The van der Waals surface area contributed by atoms with Gasteiger partial charge in [-0.15, -0.1) is 0 Å². The normalized spacial score (nSPS) is 13.0. The summed E-state index contributed by atoms with van der Waals surface area (Å²) >= 11 is 0. The van der Waals surface area contributed by atoms with Gasteiger partial charge in [0, 0.05) is 17.5 Å². The van der Waals surface area contributed by atoms with E-state index in [1.54, 1.807) is 32.9 Å². The summed E-state index contributed by atoms with van der Waals surface area (Å²) in [5.74, 6) is -0.858. The fourth-order valence-corrected chi connectivity index (χ4v) is 2.91. The van der Waals surface area contributed by atoms with Crippen molar-refractivity contribution in [3.05, 3.63) is 29.3 Å². The average Bonchev–Trinajstić information content (AvgIpc) is 2.30. The Kier molecular flexibility index (Phi) is 4.94. The van der Waals surface area contributed by atoms with E-state index in [1.165, 1.54) is 6.07 Å². The third-order valence-electron chi connectivity index (χ3n) is 2.91. The Morgan fingerprint density at radius 2 is 2.05 bits per heavy atom. The highest BCUT2D eigenvalue weighted by atomic mass is 32.2. The van der Waals surface area contributed by atoms with E-state index in [1.807, 2.05) is 0 Å². The van der Waals surface area contributed by atoms with Gasteiger partial charge in [0.2, 0.25) is 0 Å². The van der Waals surface area contributed by atoms with Gasteiger partial charge >= 0.3 is 5.97 Å². The number of rotatable bonds is 6. The van der Waals surface area contributed by atoms with Gasteiger partial charge in [-0.2, -0.15) is 0 Å². The minimum Gasteiger partial charge on any atom is -0.478 e. The van der Waals surface area contributed by atoms with Crippen molar-refractivity contribution in [2.75, 3.05) is 16.8 Å². The van der Waals surface area contributed by atoms with Gasteiger partial charge < -0.3 is 10.4 Å². The minimum absolute atomic E-state index is 0.0280. The maximum atomic E-state index is 11.5. The summed E-state index contributed by atoms with van der Waals surface area (Å²) in [7, 11) is -3.06. The lowest BCUT2D eigenvalue weighted by atomic mass is 10.1. The summed E-state index contributed by atoms with van der Waals surface area (Å²) in [6.07, 6.45) is 0. The van der Waals surface area contributed by atoms with E-state index in [0.29, 0.717) is 11.3 Å². The van der Waals surface area contributed by atoms with Crippen LogP contribution in [0.2, 0.25) is 0 Å². The topological polar surface area (TPSA) is 83.5 Å². The second kappa shape index (κ2) is 6.06. The van der Waals surface area contributed by atoms with E-state index in [9.17, 15) is 13.2 Å². The molecule has 0 aliphatic heterocycles. The van der Waals surface area contributed by atoms with Crippen LogP contribution in [0.15, 0.2) is 18.2 Å². The van der Waals surface area contributed by atoms with Crippen molar-refractivity contribution in [3.8, 4) is 0 Å². The lowest BCUT2D eigenvalue weighted by molar-refractivity contribution is 0.0696. The monoisotopic (exact) mass is 285 g/mol. The van der Waals surface area contributed by atoms with Crippen LogP contribution in [0.4, 0.5) is 5.69 Å². The molecule has 1 unspecified atom stereocenters. The maximum Gasteiger partial charge on any atom is 0.336 e. The van der Waals surface area contributed by atoms with Crippen LogP contribution in [0.5, 0.6) is 0 Å². The van der Waals surface area contributed by atoms with Crippen molar-refractivity contribution in [2.45, 2.75) is 26.8 Å². The van der Waals surface area contributed by atoms with Crippen LogP contribution in [-0.2, 0) is 9.84 Å². The molecule has 2 N–H and O–H groups in total. The van der Waals surface area contributed by atoms with Crippen molar-refractivity contribution in [2.24, 2.45) is 0 Å². The van der Waals surface area contributed by atoms with Crippen molar-refractivity contribution >= 4 is 21.5 Å². The van der Waals surface area contributed by atoms with Gasteiger partial charge in [-0.1, -0.05) is 13.0 Å². The summed E-state index contributed by atoms with van der Waals surface area (Å²) in [5.41, 5.74) is 1.48. The van der Waals surface area contributed by atoms with Gasteiger partial charge in [0.05, 0.1) is 11.3 Å². The Bertz CT molecular complexity index is 566. The van der Waals surface area contributed by atoms with Gasteiger partial charge in [0.25, 0.3) is 0 Å². The minimum atomic E-state index is -3.06. The molecule has 0 fully saturated rings. The first-order valence-electron chi connectivity index (χ1n) is 6.06. The molecule has 0 aliphatic carbocycles.